The molecule has 0 aliphatic carbocycles. The monoisotopic (exact) mass is 228 g/mol. The summed E-state index contributed by atoms with van der Waals surface area (Å²) in [5.41, 5.74) is 15.2. The van der Waals surface area contributed by atoms with E-state index in [1.807, 2.05) is 42.5 Å². The maximum absolute atomic E-state index is 5.77. The molecular weight excluding hydrogens is 212 g/mol. The Bertz CT molecular complexity index is 506. The molecule has 2 rings (SSSR count). The van der Waals surface area contributed by atoms with Gasteiger partial charge >= 0.3 is 0 Å². The largest absolute Gasteiger partial charge is 0.495 e. The van der Waals surface area contributed by atoms with E-state index < -0.39 is 0 Å². The summed E-state index contributed by atoms with van der Waals surface area (Å²) < 4.78 is 5.20. The number of methoxy groups -OCH3 is 1. The summed E-state index contributed by atoms with van der Waals surface area (Å²) in [6.07, 6.45) is 0.844. The zero-order valence-corrected chi connectivity index (χ0v) is 9.81. The lowest BCUT2D eigenvalue weighted by molar-refractivity contribution is 0.416. The molecule has 0 fully saturated rings. The summed E-state index contributed by atoms with van der Waals surface area (Å²) in [6.45, 7) is 0. The quantitative estimate of drug-likeness (QED) is 0.793. The zero-order valence-electron chi connectivity index (χ0n) is 9.81. The van der Waals surface area contributed by atoms with Crippen LogP contribution < -0.4 is 16.2 Å². The van der Waals surface area contributed by atoms with Crippen molar-refractivity contribution in [2.45, 2.75) is 6.42 Å². The Morgan fingerprint density at radius 3 is 2.24 bits per heavy atom. The average molecular weight is 228 g/mol. The van der Waals surface area contributed by atoms with Crippen LogP contribution in [0.4, 0.5) is 11.4 Å². The van der Waals surface area contributed by atoms with Gasteiger partial charge in [0.25, 0.3) is 0 Å². The molecular formula is C14H16N2O. The van der Waals surface area contributed by atoms with Gasteiger partial charge in [0.1, 0.15) is 5.75 Å². The van der Waals surface area contributed by atoms with E-state index in [0.29, 0.717) is 5.69 Å². The summed E-state index contributed by atoms with van der Waals surface area (Å²) in [5, 5.41) is 0. The molecule has 0 amide bonds. The number of nitrogens with two attached hydrogens (primary N) is 2. The second-order valence-electron chi connectivity index (χ2n) is 3.99. The first kappa shape index (κ1) is 11.3. The van der Waals surface area contributed by atoms with Gasteiger partial charge in [-0.15, -0.1) is 0 Å². The van der Waals surface area contributed by atoms with Gasteiger partial charge in [-0.05, 0) is 41.8 Å². The molecule has 0 heterocycles. The van der Waals surface area contributed by atoms with E-state index in [1.165, 1.54) is 11.1 Å². The molecule has 0 atom stereocenters. The molecule has 0 radical (unpaired) electrons. The van der Waals surface area contributed by atoms with E-state index in [9.17, 15) is 0 Å². The van der Waals surface area contributed by atoms with Crippen LogP contribution in [0.3, 0.4) is 0 Å². The first-order chi connectivity index (χ1) is 8.19. The van der Waals surface area contributed by atoms with Crippen molar-refractivity contribution in [3.05, 3.63) is 53.6 Å². The first-order valence-electron chi connectivity index (χ1n) is 5.46. The lowest BCUT2D eigenvalue weighted by Crippen LogP contribution is -1.95. The SMILES string of the molecule is COc1cc(Cc2ccc(N)cc2)ccc1N. The van der Waals surface area contributed by atoms with Gasteiger partial charge in [0.2, 0.25) is 0 Å². The summed E-state index contributed by atoms with van der Waals surface area (Å²) >= 11 is 0. The topological polar surface area (TPSA) is 61.3 Å². The third-order valence-corrected chi connectivity index (χ3v) is 2.69. The first-order valence-corrected chi connectivity index (χ1v) is 5.46. The molecule has 0 saturated heterocycles. The smallest absolute Gasteiger partial charge is 0.142 e. The minimum atomic E-state index is 0.661. The van der Waals surface area contributed by atoms with Crippen molar-refractivity contribution < 1.29 is 4.74 Å². The van der Waals surface area contributed by atoms with Crippen LogP contribution in [0.25, 0.3) is 0 Å². The number of ether oxygens (including phenoxy) is 1. The third kappa shape index (κ3) is 2.69. The van der Waals surface area contributed by atoms with Crippen LogP contribution in [0.15, 0.2) is 42.5 Å². The van der Waals surface area contributed by atoms with Gasteiger partial charge in [-0.2, -0.15) is 0 Å². The molecule has 0 bridgehead atoms. The highest BCUT2D eigenvalue weighted by molar-refractivity contribution is 5.54. The fourth-order valence-corrected chi connectivity index (χ4v) is 1.74. The molecule has 17 heavy (non-hydrogen) atoms. The van der Waals surface area contributed by atoms with Crippen molar-refractivity contribution in [3.63, 3.8) is 0 Å². The van der Waals surface area contributed by atoms with Crippen molar-refractivity contribution in [1.82, 2.24) is 0 Å². The van der Waals surface area contributed by atoms with Crippen LogP contribution in [0.5, 0.6) is 5.75 Å². The van der Waals surface area contributed by atoms with Gasteiger partial charge in [-0.3, -0.25) is 0 Å². The Hall–Kier alpha value is -2.16. The van der Waals surface area contributed by atoms with Gasteiger partial charge < -0.3 is 16.2 Å². The Morgan fingerprint density at radius 1 is 0.941 bits per heavy atom. The highest BCUT2D eigenvalue weighted by Gasteiger charge is 2.02. The van der Waals surface area contributed by atoms with E-state index in [1.54, 1.807) is 7.11 Å². The Labute approximate surface area is 101 Å². The van der Waals surface area contributed by atoms with Crippen LogP contribution in [0.2, 0.25) is 0 Å². The minimum absolute atomic E-state index is 0.661. The molecule has 3 nitrogen and oxygen atoms in total. The van der Waals surface area contributed by atoms with Crippen molar-refractivity contribution in [2.24, 2.45) is 0 Å². The second kappa shape index (κ2) is 4.78. The lowest BCUT2D eigenvalue weighted by atomic mass is 10.0. The normalized spacial score (nSPS) is 10.2. The maximum atomic E-state index is 5.77. The standard InChI is InChI=1S/C14H16N2O/c1-17-14-9-11(4-7-13(14)16)8-10-2-5-12(15)6-3-10/h2-7,9H,8,15-16H2,1H3. The second-order valence-corrected chi connectivity index (χ2v) is 3.99. The average Bonchev–Trinajstić information content (AvgIpc) is 2.34. The number of benzene rings is 2. The maximum Gasteiger partial charge on any atom is 0.142 e. The molecule has 0 aromatic heterocycles. The summed E-state index contributed by atoms with van der Waals surface area (Å²) in [5.74, 6) is 0.720. The van der Waals surface area contributed by atoms with Crippen molar-refractivity contribution in [3.8, 4) is 5.75 Å². The molecule has 0 aliphatic heterocycles. The Balaban J connectivity index is 2.21. The van der Waals surface area contributed by atoms with Crippen LogP contribution in [-0.2, 0) is 6.42 Å². The summed E-state index contributed by atoms with van der Waals surface area (Å²) in [4.78, 5) is 0. The number of hydrogen-bond acceptors (Lipinski definition) is 3. The number of anilines is 2. The van der Waals surface area contributed by atoms with E-state index in [0.717, 1.165) is 17.9 Å². The van der Waals surface area contributed by atoms with Gasteiger partial charge in [0, 0.05) is 5.69 Å². The van der Waals surface area contributed by atoms with Gasteiger partial charge in [-0.1, -0.05) is 18.2 Å². The summed E-state index contributed by atoms with van der Waals surface area (Å²) in [7, 11) is 1.62. The van der Waals surface area contributed by atoms with Crippen LogP contribution in [0, 0.1) is 0 Å². The Kier molecular flexibility index (Phi) is 3.19. The van der Waals surface area contributed by atoms with E-state index in [2.05, 4.69) is 0 Å². The minimum Gasteiger partial charge on any atom is -0.495 e. The van der Waals surface area contributed by atoms with Crippen molar-refractivity contribution >= 4 is 11.4 Å². The molecule has 0 aliphatic rings. The van der Waals surface area contributed by atoms with Gasteiger partial charge in [0.15, 0.2) is 0 Å². The van der Waals surface area contributed by atoms with Crippen molar-refractivity contribution in [1.29, 1.82) is 0 Å². The van der Waals surface area contributed by atoms with E-state index >= 15 is 0 Å². The molecule has 3 heteroatoms. The van der Waals surface area contributed by atoms with Crippen molar-refractivity contribution in [2.75, 3.05) is 18.6 Å². The molecule has 2 aromatic rings. The molecule has 88 valence electrons. The number of hydrogen-bond donors (Lipinski definition) is 2. The summed E-state index contributed by atoms with van der Waals surface area (Å²) in [6, 6.07) is 13.7. The van der Waals surface area contributed by atoms with Gasteiger partial charge in [-0.25, -0.2) is 0 Å². The molecule has 0 saturated carbocycles. The molecule has 0 unspecified atom stereocenters. The lowest BCUT2D eigenvalue weighted by Gasteiger charge is -2.07. The molecule has 4 N–H and O–H groups in total. The molecule has 2 aromatic carbocycles. The fraction of sp³-hybridized carbons (Fsp3) is 0.143. The third-order valence-electron chi connectivity index (χ3n) is 2.69. The number of rotatable bonds is 3. The predicted molar refractivity (Wildman–Crippen MR) is 71.1 cm³/mol. The highest BCUT2D eigenvalue weighted by atomic mass is 16.5. The zero-order chi connectivity index (χ0) is 12.3. The fourth-order valence-electron chi connectivity index (χ4n) is 1.74. The Morgan fingerprint density at radius 2 is 1.59 bits per heavy atom. The van der Waals surface area contributed by atoms with Crippen LogP contribution >= 0.6 is 0 Å². The predicted octanol–water partition coefficient (Wildman–Crippen LogP) is 2.45. The highest BCUT2D eigenvalue weighted by Crippen LogP contribution is 2.23. The van der Waals surface area contributed by atoms with Gasteiger partial charge in [0.05, 0.1) is 12.8 Å². The van der Waals surface area contributed by atoms with E-state index in [4.69, 9.17) is 16.2 Å². The van der Waals surface area contributed by atoms with Crippen LogP contribution in [-0.4, -0.2) is 7.11 Å². The molecule has 0 spiro atoms. The van der Waals surface area contributed by atoms with E-state index in [-0.39, 0.29) is 0 Å². The number of nitrogen functional groups attached to an aromatic ring is 2. The van der Waals surface area contributed by atoms with Crippen LogP contribution in [0.1, 0.15) is 11.1 Å².